The van der Waals surface area contributed by atoms with Gasteiger partial charge in [0, 0.05) is 31.7 Å². The van der Waals surface area contributed by atoms with Gasteiger partial charge < -0.3 is 15.4 Å². The average molecular weight is 445 g/mol. The first-order chi connectivity index (χ1) is 14.8. The summed E-state index contributed by atoms with van der Waals surface area (Å²) in [6.45, 7) is 7.17. The molecular weight excluding hydrogens is 412 g/mol. The van der Waals surface area contributed by atoms with Gasteiger partial charge in [0.25, 0.3) is 0 Å². The fourth-order valence-electron chi connectivity index (χ4n) is 3.03. The van der Waals surface area contributed by atoms with Crippen molar-refractivity contribution in [2.45, 2.75) is 63.7 Å². The minimum Gasteiger partial charge on any atom is -0.491 e. The number of benzene rings is 2. The van der Waals surface area contributed by atoms with Crippen LogP contribution in [-0.4, -0.2) is 33.6 Å². The zero-order chi connectivity index (χ0) is 22.4. The van der Waals surface area contributed by atoms with Crippen molar-refractivity contribution in [2.75, 3.05) is 7.05 Å². The highest BCUT2D eigenvalue weighted by molar-refractivity contribution is 7.89. The molecule has 3 rings (SSSR count). The van der Waals surface area contributed by atoms with Gasteiger partial charge >= 0.3 is 0 Å². The lowest BCUT2D eigenvalue weighted by molar-refractivity contribution is 0.239. The van der Waals surface area contributed by atoms with Crippen molar-refractivity contribution >= 4 is 16.0 Å². The topological polar surface area (TPSA) is 91.8 Å². The first-order valence-electron chi connectivity index (χ1n) is 10.6. The molecule has 3 N–H and O–H groups in total. The molecule has 0 unspecified atom stereocenters. The zero-order valence-electron chi connectivity index (χ0n) is 18.6. The van der Waals surface area contributed by atoms with Crippen LogP contribution in [0, 0.1) is 6.92 Å². The molecule has 2 aromatic rings. The number of sulfonamides is 1. The molecule has 168 valence electrons. The molecule has 0 heterocycles. The van der Waals surface area contributed by atoms with Crippen LogP contribution in [0.15, 0.2) is 52.4 Å². The summed E-state index contributed by atoms with van der Waals surface area (Å²) >= 11 is 0. The Kier molecular flexibility index (Phi) is 7.56. The highest BCUT2D eigenvalue weighted by atomic mass is 32.2. The van der Waals surface area contributed by atoms with Crippen LogP contribution < -0.4 is 20.1 Å². The molecule has 0 spiro atoms. The Morgan fingerprint density at radius 1 is 1.10 bits per heavy atom. The normalized spacial score (nSPS) is 14.5. The lowest BCUT2D eigenvalue weighted by Crippen LogP contribution is -2.36. The van der Waals surface area contributed by atoms with Gasteiger partial charge in [0.1, 0.15) is 5.75 Å². The number of nitrogens with zero attached hydrogens (tertiary/aromatic N) is 1. The molecule has 0 radical (unpaired) electrons. The first-order valence-corrected chi connectivity index (χ1v) is 12.1. The Morgan fingerprint density at radius 2 is 1.77 bits per heavy atom. The molecule has 31 heavy (non-hydrogen) atoms. The van der Waals surface area contributed by atoms with E-state index >= 15 is 0 Å². The number of nitrogens with one attached hydrogen (secondary N) is 3. The van der Waals surface area contributed by atoms with E-state index in [9.17, 15) is 8.42 Å². The van der Waals surface area contributed by atoms with E-state index in [0.29, 0.717) is 23.9 Å². The Labute approximate surface area is 185 Å². The zero-order valence-corrected chi connectivity index (χ0v) is 19.4. The molecule has 1 fully saturated rings. The Hall–Kier alpha value is -2.58. The second-order valence-corrected chi connectivity index (χ2v) is 9.81. The molecule has 0 amide bonds. The van der Waals surface area contributed by atoms with E-state index in [4.69, 9.17) is 4.74 Å². The summed E-state index contributed by atoms with van der Waals surface area (Å²) in [5.41, 5.74) is 3.17. The fraction of sp³-hybridized carbons (Fsp3) is 0.435. The molecule has 2 aromatic carbocycles. The van der Waals surface area contributed by atoms with Crippen molar-refractivity contribution in [3.05, 3.63) is 59.2 Å². The van der Waals surface area contributed by atoms with Crippen molar-refractivity contribution in [1.29, 1.82) is 0 Å². The molecule has 1 aliphatic rings. The summed E-state index contributed by atoms with van der Waals surface area (Å²) in [4.78, 5) is 4.56. The Morgan fingerprint density at radius 3 is 2.39 bits per heavy atom. The highest BCUT2D eigenvalue weighted by Crippen LogP contribution is 2.23. The summed E-state index contributed by atoms with van der Waals surface area (Å²) < 4.78 is 33.2. The van der Waals surface area contributed by atoms with Crippen molar-refractivity contribution in [3.8, 4) is 5.75 Å². The van der Waals surface area contributed by atoms with Gasteiger partial charge in [-0.1, -0.05) is 24.3 Å². The Balaban J connectivity index is 1.55. The van der Waals surface area contributed by atoms with Crippen LogP contribution in [-0.2, 0) is 23.1 Å². The van der Waals surface area contributed by atoms with E-state index in [1.165, 1.54) is 0 Å². The summed E-state index contributed by atoms with van der Waals surface area (Å²) in [5.74, 6) is 1.53. The number of rotatable bonds is 9. The minimum atomic E-state index is -3.42. The van der Waals surface area contributed by atoms with Crippen LogP contribution in [0.4, 0.5) is 0 Å². The van der Waals surface area contributed by atoms with Crippen molar-refractivity contribution in [2.24, 2.45) is 4.99 Å². The van der Waals surface area contributed by atoms with E-state index in [-0.39, 0.29) is 12.1 Å². The van der Waals surface area contributed by atoms with Gasteiger partial charge in [-0.15, -0.1) is 0 Å². The second-order valence-electron chi connectivity index (χ2n) is 8.10. The molecule has 7 nitrogen and oxygen atoms in total. The van der Waals surface area contributed by atoms with Gasteiger partial charge in [0.2, 0.25) is 10.0 Å². The van der Waals surface area contributed by atoms with Gasteiger partial charge in [0.15, 0.2) is 5.96 Å². The maximum atomic E-state index is 12.3. The minimum absolute atomic E-state index is 0.0979. The third-order valence-corrected chi connectivity index (χ3v) is 6.38. The average Bonchev–Trinajstić information content (AvgIpc) is 3.52. The molecule has 0 aliphatic heterocycles. The second kappa shape index (κ2) is 10.2. The number of hydrogen-bond acceptors (Lipinski definition) is 4. The van der Waals surface area contributed by atoms with Crippen LogP contribution in [0.2, 0.25) is 0 Å². The van der Waals surface area contributed by atoms with E-state index in [1.807, 2.05) is 39.0 Å². The standard InChI is InChI=1S/C23H32N4O3S/c1-16(2)30-22-13-17(3)5-8-19(22)15-26-23(24-4)25-14-18-6-11-21(12-7-18)31(28,29)27-20-9-10-20/h5-8,11-13,16,20,27H,9-10,14-15H2,1-4H3,(H2,24,25,26). The number of guanidine groups is 1. The molecule has 0 saturated heterocycles. The summed E-state index contributed by atoms with van der Waals surface area (Å²) in [5, 5.41) is 6.57. The van der Waals surface area contributed by atoms with Gasteiger partial charge in [-0.3, -0.25) is 4.99 Å². The molecule has 1 saturated carbocycles. The molecular formula is C23H32N4O3S. The van der Waals surface area contributed by atoms with Crippen molar-refractivity contribution in [3.63, 3.8) is 0 Å². The smallest absolute Gasteiger partial charge is 0.240 e. The highest BCUT2D eigenvalue weighted by Gasteiger charge is 2.27. The van der Waals surface area contributed by atoms with Gasteiger partial charge in [0.05, 0.1) is 11.0 Å². The van der Waals surface area contributed by atoms with Gasteiger partial charge in [-0.05, 0) is 62.9 Å². The fourth-order valence-corrected chi connectivity index (χ4v) is 4.34. The molecule has 1 aliphatic carbocycles. The summed E-state index contributed by atoms with van der Waals surface area (Å²) in [6, 6.07) is 13.2. The summed E-state index contributed by atoms with van der Waals surface area (Å²) in [6.07, 6.45) is 1.94. The van der Waals surface area contributed by atoms with Gasteiger partial charge in [-0.25, -0.2) is 13.1 Å². The molecule has 0 aromatic heterocycles. The first kappa shape index (κ1) is 23.1. The van der Waals surface area contributed by atoms with Gasteiger partial charge in [-0.2, -0.15) is 0 Å². The van der Waals surface area contributed by atoms with Crippen LogP contribution >= 0.6 is 0 Å². The van der Waals surface area contributed by atoms with E-state index in [2.05, 4.69) is 32.5 Å². The van der Waals surface area contributed by atoms with Crippen LogP contribution in [0.25, 0.3) is 0 Å². The number of aryl methyl sites for hydroxylation is 1. The number of hydrogen-bond donors (Lipinski definition) is 3. The predicted octanol–water partition coefficient (Wildman–Crippen LogP) is 3.09. The maximum Gasteiger partial charge on any atom is 0.240 e. The molecule has 0 bridgehead atoms. The lowest BCUT2D eigenvalue weighted by Gasteiger charge is -2.17. The van der Waals surface area contributed by atoms with E-state index in [1.54, 1.807) is 19.2 Å². The van der Waals surface area contributed by atoms with Crippen LogP contribution in [0.3, 0.4) is 0 Å². The summed E-state index contributed by atoms with van der Waals surface area (Å²) in [7, 11) is -1.71. The van der Waals surface area contributed by atoms with E-state index < -0.39 is 10.0 Å². The monoisotopic (exact) mass is 444 g/mol. The van der Waals surface area contributed by atoms with E-state index in [0.717, 1.165) is 35.3 Å². The lowest BCUT2D eigenvalue weighted by atomic mass is 10.1. The van der Waals surface area contributed by atoms with Crippen molar-refractivity contribution < 1.29 is 13.2 Å². The maximum absolute atomic E-state index is 12.3. The SMILES string of the molecule is CN=C(NCc1ccc(S(=O)(=O)NC2CC2)cc1)NCc1ccc(C)cc1OC(C)C. The number of aliphatic imine (C=N–C) groups is 1. The predicted molar refractivity (Wildman–Crippen MR) is 124 cm³/mol. The third-order valence-electron chi connectivity index (χ3n) is 4.85. The number of ether oxygens (including phenoxy) is 1. The Bertz CT molecular complexity index is 1010. The third kappa shape index (κ3) is 6.97. The largest absolute Gasteiger partial charge is 0.491 e. The molecule has 8 heteroatoms. The van der Waals surface area contributed by atoms with Crippen molar-refractivity contribution in [1.82, 2.24) is 15.4 Å². The quantitative estimate of drug-likeness (QED) is 0.408. The van der Waals surface area contributed by atoms with Crippen LogP contribution in [0.5, 0.6) is 5.75 Å². The van der Waals surface area contributed by atoms with Crippen LogP contribution in [0.1, 0.15) is 43.4 Å². The molecule has 0 atom stereocenters.